The standard InChI is InChI=1S/C20H22ClNO4/c1-3-16(26-17-7-5-4-6-15(17)21)20(23)22-13(2)14-8-9-18-19(12-14)25-11-10-24-18/h4-9,12-13,16H,3,10-11H2,1-2H3,(H,22,23)/t13-,16+/m1/s1. The molecular weight excluding hydrogens is 354 g/mol. The lowest BCUT2D eigenvalue weighted by Gasteiger charge is -2.23. The minimum absolute atomic E-state index is 0.185. The molecule has 1 amide bonds. The van der Waals surface area contributed by atoms with Crippen LogP contribution in [0.4, 0.5) is 0 Å². The van der Waals surface area contributed by atoms with Crippen molar-refractivity contribution in [3.63, 3.8) is 0 Å². The number of hydrogen-bond donors (Lipinski definition) is 1. The van der Waals surface area contributed by atoms with E-state index in [1.165, 1.54) is 0 Å². The van der Waals surface area contributed by atoms with Gasteiger partial charge in [-0.25, -0.2) is 0 Å². The second-order valence-corrected chi connectivity index (χ2v) is 6.49. The molecule has 0 saturated carbocycles. The molecule has 0 radical (unpaired) electrons. The SMILES string of the molecule is CC[C@H](Oc1ccccc1Cl)C(=O)N[C@H](C)c1ccc2c(c1)OCCO2. The van der Waals surface area contributed by atoms with E-state index in [4.69, 9.17) is 25.8 Å². The Hall–Kier alpha value is -2.40. The molecule has 6 heteroatoms. The largest absolute Gasteiger partial charge is 0.486 e. The van der Waals surface area contributed by atoms with Gasteiger partial charge in [0.25, 0.3) is 5.91 Å². The summed E-state index contributed by atoms with van der Waals surface area (Å²) in [7, 11) is 0. The van der Waals surface area contributed by atoms with Gasteiger partial charge in [0.1, 0.15) is 19.0 Å². The Kier molecular flexibility index (Phi) is 5.89. The highest BCUT2D eigenvalue weighted by atomic mass is 35.5. The highest BCUT2D eigenvalue weighted by Crippen LogP contribution is 2.32. The van der Waals surface area contributed by atoms with E-state index in [9.17, 15) is 4.79 Å². The lowest BCUT2D eigenvalue weighted by molar-refractivity contribution is -0.128. The summed E-state index contributed by atoms with van der Waals surface area (Å²) in [6, 6.07) is 12.6. The molecule has 0 aromatic heterocycles. The molecule has 0 saturated heterocycles. The van der Waals surface area contributed by atoms with Gasteiger partial charge in [0.2, 0.25) is 0 Å². The quantitative estimate of drug-likeness (QED) is 0.824. The summed E-state index contributed by atoms with van der Waals surface area (Å²) in [6.07, 6.45) is -0.0835. The number of ether oxygens (including phenoxy) is 3. The van der Waals surface area contributed by atoms with Gasteiger partial charge >= 0.3 is 0 Å². The number of nitrogens with one attached hydrogen (secondary N) is 1. The van der Waals surface area contributed by atoms with Gasteiger partial charge in [-0.3, -0.25) is 4.79 Å². The van der Waals surface area contributed by atoms with Gasteiger partial charge in [-0.05, 0) is 43.2 Å². The Morgan fingerprint density at radius 2 is 1.92 bits per heavy atom. The van der Waals surface area contributed by atoms with Crippen molar-refractivity contribution < 1.29 is 19.0 Å². The summed E-state index contributed by atoms with van der Waals surface area (Å²) in [6.45, 7) is 4.90. The normalized spacial score (nSPS) is 15.0. The van der Waals surface area contributed by atoms with Gasteiger partial charge < -0.3 is 19.5 Å². The van der Waals surface area contributed by atoms with Crippen LogP contribution in [-0.4, -0.2) is 25.2 Å². The lowest BCUT2D eigenvalue weighted by atomic mass is 10.1. The number of para-hydroxylation sites is 1. The molecule has 5 nitrogen and oxygen atoms in total. The maximum atomic E-state index is 12.6. The van der Waals surface area contributed by atoms with Crippen molar-refractivity contribution in [1.29, 1.82) is 0 Å². The van der Waals surface area contributed by atoms with E-state index in [0.717, 1.165) is 11.3 Å². The zero-order chi connectivity index (χ0) is 18.5. The number of rotatable bonds is 6. The van der Waals surface area contributed by atoms with E-state index in [1.807, 2.05) is 44.2 Å². The van der Waals surface area contributed by atoms with Crippen LogP contribution in [0.25, 0.3) is 0 Å². The van der Waals surface area contributed by atoms with E-state index in [2.05, 4.69) is 5.32 Å². The molecule has 0 fully saturated rings. The topological polar surface area (TPSA) is 56.8 Å². The van der Waals surface area contributed by atoms with Crippen LogP contribution in [0, 0.1) is 0 Å². The molecule has 1 aliphatic heterocycles. The highest BCUT2D eigenvalue weighted by Gasteiger charge is 2.22. The number of amides is 1. The summed E-state index contributed by atoms with van der Waals surface area (Å²) in [5.41, 5.74) is 0.940. The molecule has 26 heavy (non-hydrogen) atoms. The average molecular weight is 376 g/mol. The van der Waals surface area contributed by atoms with Crippen LogP contribution in [0.2, 0.25) is 5.02 Å². The molecule has 138 valence electrons. The van der Waals surface area contributed by atoms with Gasteiger partial charge in [0.15, 0.2) is 17.6 Å². The summed E-state index contributed by atoms with van der Waals surface area (Å²) < 4.78 is 16.9. The summed E-state index contributed by atoms with van der Waals surface area (Å²) >= 11 is 6.12. The van der Waals surface area contributed by atoms with Crippen LogP contribution in [0.1, 0.15) is 31.9 Å². The molecule has 1 aliphatic rings. The molecule has 2 aromatic rings. The predicted octanol–water partition coefficient (Wildman–Crippen LogP) is 4.15. The molecule has 0 spiro atoms. The first-order chi connectivity index (χ1) is 12.6. The molecule has 1 heterocycles. The average Bonchev–Trinajstić information content (AvgIpc) is 2.66. The molecule has 0 aliphatic carbocycles. The fourth-order valence-electron chi connectivity index (χ4n) is 2.73. The maximum absolute atomic E-state index is 12.6. The summed E-state index contributed by atoms with van der Waals surface area (Å²) in [4.78, 5) is 12.6. The van der Waals surface area contributed by atoms with Gasteiger partial charge in [-0.1, -0.05) is 36.7 Å². The maximum Gasteiger partial charge on any atom is 0.261 e. The summed E-state index contributed by atoms with van der Waals surface area (Å²) in [5.74, 6) is 1.75. The number of carbonyl (C=O) groups excluding carboxylic acids is 1. The Bertz CT molecular complexity index is 780. The lowest BCUT2D eigenvalue weighted by Crippen LogP contribution is -2.39. The molecule has 0 bridgehead atoms. The van der Waals surface area contributed by atoms with Crippen LogP contribution in [0.5, 0.6) is 17.2 Å². The van der Waals surface area contributed by atoms with Crippen molar-refractivity contribution >= 4 is 17.5 Å². The Morgan fingerprint density at radius 1 is 1.19 bits per heavy atom. The number of benzene rings is 2. The molecule has 0 unspecified atom stereocenters. The molecular formula is C20H22ClNO4. The number of fused-ring (bicyclic) bond motifs is 1. The third-order valence-corrected chi connectivity index (χ3v) is 4.51. The van der Waals surface area contributed by atoms with E-state index in [-0.39, 0.29) is 11.9 Å². The second-order valence-electron chi connectivity index (χ2n) is 6.08. The number of halogens is 1. The highest BCUT2D eigenvalue weighted by molar-refractivity contribution is 6.32. The smallest absolute Gasteiger partial charge is 0.261 e. The number of hydrogen-bond acceptors (Lipinski definition) is 4. The minimum atomic E-state index is -0.616. The third kappa shape index (κ3) is 4.22. The Morgan fingerprint density at radius 3 is 2.65 bits per heavy atom. The monoisotopic (exact) mass is 375 g/mol. The van der Waals surface area contributed by atoms with Crippen LogP contribution >= 0.6 is 11.6 Å². The molecule has 2 aromatic carbocycles. The first-order valence-electron chi connectivity index (χ1n) is 8.69. The first kappa shape index (κ1) is 18.4. The second kappa shape index (κ2) is 8.32. The van der Waals surface area contributed by atoms with Gasteiger partial charge in [0.05, 0.1) is 11.1 Å². The van der Waals surface area contributed by atoms with Gasteiger partial charge in [-0.15, -0.1) is 0 Å². The van der Waals surface area contributed by atoms with Gasteiger partial charge in [-0.2, -0.15) is 0 Å². The van der Waals surface area contributed by atoms with Crippen LogP contribution < -0.4 is 19.5 Å². The fourth-order valence-corrected chi connectivity index (χ4v) is 2.92. The fraction of sp³-hybridized carbons (Fsp3) is 0.350. The third-order valence-electron chi connectivity index (χ3n) is 4.19. The zero-order valence-corrected chi connectivity index (χ0v) is 15.6. The van der Waals surface area contributed by atoms with Crippen molar-refractivity contribution in [2.75, 3.05) is 13.2 Å². The molecule has 3 rings (SSSR count). The van der Waals surface area contributed by atoms with E-state index >= 15 is 0 Å². The minimum Gasteiger partial charge on any atom is -0.486 e. The predicted molar refractivity (Wildman–Crippen MR) is 100 cm³/mol. The van der Waals surface area contributed by atoms with E-state index in [1.54, 1.807) is 12.1 Å². The van der Waals surface area contributed by atoms with E-state index in [0.29, 0.717) is 36.2 Å². The zero-order valence-electron chi connectivity index (χ0n) is 14.8. The Labute approximate surface area is 158 Å². The molecule has 2 atom stereocenters. The van der Waals surface area contributed by atoms with Crippen molar-refractivity contribution in [2.24, 2.45) is 0 Å². The van der Waals surface area contributed by atoms with E-state index < -0.39 is 6.10 Å². The van der Waals surface area contributed by atoms with Crippen molar-refractivity contribution in [3.05, 3.63) is 53.1 Å². The van der Waals surface area contributed by atoms with Crippen LogP contribution in [0.3, 0.4) is 0 Å². The van der Waals surface area contributed by atoms with Gasteiger partial charge in [0, 0.05) is 0 Å². The first-order valence-corrected chi connectivity index (χ1v) is 9.07. The Balaban J connectivity index is 1.66. The van der Waals surface area contributed by atoms with Crippen molar-refractivity contribution in [1.82, 2.24) is 5.32 Å². The van der Waals surface area contributed by atoms with Crippen molar-refractivity contribution in [2.45, 2.75) is 32.4 Å². The van der Waals surface area contributed by atoms with Crippen molar-refractivity contribution in [3.8, 4) is 17.2 Å². The van der Waals surface area contributed by atoms with Crippen LogP contribution in [-0.2, 0) is 4.79 Å². The van der Waals surface area contributed by atoms with Crippen LogP contribution in [0.15, 0.2) is 42.5 Å². The molecule has 1 N–H and O–H groups in total. The summed E-state index contributed by atoms with van der Waals surface area (Å²) in [5, 5.41) is 3.48. The number of carbonyl (C=O) groups is 1.